The molecule has 4 aromatic rings. The highest BCUT2D eigenvalue weighted by molar-refractivity contribution is 5.38. The largest absolute Gasteiger partial charge is 0.305 e. The Balaban J connectivity index is 1.47. The van der Waals surface area contributed by atoms with Gasteiger partial charge in [-0.15, -0.1) is 0 Å². The van der Waals surface area contributed by atoms with Crippen molar-refractivity contribution in [3.05, 3.63) is 94.8 Å². The van der Waals surface area contributed by atoms with E-state index in [0.29, 0.717) is 12.2 Å². The number of hydrogen-bond donors (Lipinski definition) is 1. The molecule has 0 aliphatic carbocycles. The van der Waals surface area contributed by atoms with Gasteiger partial charge in [0.15, 0.2) is 0 Å². The van der Waals surface area contributed by atoms with Crippen molar-refractivity contribution < 1.29 is 0 Å². The Kier molecular flexibility index (Phi) is 4.33. The van der Waals surface area contributed by atoms with Crippen molar-refractivity contribution in [2.75, 3.05) is 0 Å². The molecular weight excluding hydrogens is 326 g/mol. The van der Waals surface area contributed by atoms with E-state index in [0.717, 1.165) is 11.4 Å². The zero-order valence-electron chi connectivity index (χ0n) is 14.4. The van der Waals surface area contributed by atoms with Gasteiger partial charge in [0.2, 0.25) is 0 Å². The summed E-state index contributed by atoms with van der Waals surface area (Å²) in [6.45, 7) is 2.62. The summed E-state index contributed by atoms with van der Waals surface area (Å²) in [5.74, 6) is 0. The minimum absolute atomic E-state index is 0.0661. The first-order valence-corrected chi connectivity index (χ1v) is 8.51. The average molecular weight is 345 g/mol. The number of nitrogens with zero attached hydrogens (tertiary/aromatic N) is 4. The predicted molar refractivity (Wildman–Crippen MR) is 100 cm³/mol. The molecule has 0 amide bonds. The molecule has 1 atom stereocenters. The molecule has 0 bridgehead atoms. The summed E-state index contributed by atoms with van der Waals surface area (Å²) in [7, 11) is 0. The lowest BCUT2D eigenvalue weighted by atomic mass is 10.1. The fourth-order valence-corrected chi connectivity index (χ4v) is 2.91. The number of aromatic nitrogens is 4. The molecule has 3 heterocycles. The third-order valence-electron chi connectivity index (χ3n) is 4.38. The van der Waals surface area contributed by atoms with Crippen LogP contribution in [0.2, 0.25) is 0 Å². The third kappa shape index (κ3) is 3.27. The van der Waals surface area contributed by atoms with Crippen LogP contribution in [0.5, 0.6) is 0 Å². The van der Waals surface area contributed by atoms with E-state index in [2.05, 4.69) is 34.5 Å². The van der Waals surface area contributed by atoms with E-state index in [1.807, 2.05) is 47.3 Å². The SMILES string of the molecule is C[C@@H](NCc1cc(=O)n2ccccc2n1)c1ccc(-n2cccn2)cc1. The van der Waals surface area contributed by atoms with E-state index in [9.17, 15) is 4.79 Å². The number of pyridine rings is 1. The van der Waals surface area contributed by atoms with Crippen LogP contribution in [0.15, 0.2) is 78.0 Å². The highest BCUT2D eigenvalue weighted by Crippen LogP contribution is 2.15. The number of nitrogens with one attached hydrogen (secondary N) is 1. The van der Waals surface area contributed by atoms with Crippen LogP contribution >= 0.6 is 0 Å². The van der Waals surface area contributed by atoms with Gasteiger partial charge in [-0.2, -0.15) is 5.10 Å². The Morgan fingerprint density at radius 3 is 2.69 bits per heavy atom. The van der Waals surface area contributed by atoms with Gasteiger partial charge in [0.25, 0.3) is 5.56 Å². The van der Waals surface area contributed by atoms with Crippen LogP contribution in [-0.2, 0) is 6.54 Å². The fraction of sp³-hybridized carbons (Fsp3) is 0.150. The van der Waals surface area contributed by atoms with Gasteiger partial charge in [-0.3, -0.25) is 9.20 Å². The van der Waals surface area contributed by atoms with Gasteiger partial charge in [0.1, 0.15) is 5.65 Å². The number of fused-ring (bicyclic) bond motifs is 1. The van der Waals surface area contributed by atoms with Crippen molar-refractivity contribution in [1.82, 2.24) is 24.5 Å². The van der Waals surface area contributed by atoms with Gasteiger partial charge in [-0.25, -0.2) is 9.67 Å². The van der Waals surface area contributed by atoms with Crippen molar-refractivity contribution >= 4 is 5.65 Å². The molecule has 4 rings (SSSR count). The predicted octanol–water partition coefficient (Wildman–Crippen LogP) is 2.73. The summed E-state index contributed by atoms with van der Waals surface area (Å²) in [6.07, 6.45) is 5.41. The zero-order chi connectivity index (χ0) is 17.9. The zero-order valence-corrected chi connectivity index (χ0v) is 14.4. The maximum absolute atomic E-state index is 12.2. The van der Waals surface area contributed by atoms with Crippen LogP contribution in [0, 0.1) is 0 Å². The lowest BCUT2D eigenvalue weighted by Gasteiger charge is -2.15. The standard InChI is InChI=1S/C20H19N5O/c1-15(16-6-8-18(9-7-16)25-12-4-10-22-25)21-14-17-13-20(26)24-11-3-2-5-19(24)23-17/h2-13,15,21H,14H2,1H3/t15-/m1/s1. The molecule has 0 spiro atoms. The van der Waals surface area contributed by atoms with Crippen LogP contribution in [0.25, 0.3) is 11.3 Å². The molecule has 3 aromatic heterocycles. The van der Waals surface area contributed by atoms with Gasteiger partial charge in [-0.1, -0.05) is 18.2 Å². The van der Waals surface area contributed by atoms with Crippen LogP contribution in [0.4, 0.5) is 0 Å². The lowest BCUT2D eigenvalue weighted by molar-refractivity contribution is 0.567. The lowest BCUT2D eigenvalue weighted by Crippen LogP contribution is -2.22. The fourth-order valence-electron chi connectivity index (χ4n) is 2.91. The van der Waals surface area contributed by atoms with E-state index < -0.39 is 0 Å². The molecule has 6 nitrogen and oxygen atoms in total. The number of rotatable bonds is 5. The summed E-state index contributed by atoms with van der Waals surface area (Å²) in [6, 6.07) is 17.4. The maximum atomic E-state index is 12.2. The second-order valence-electron chi connectivity index (χ2n) is 6.16. The first kappa shape index (κ1) is 16.2. The van der Waals surface area contributed by atoms with Crippen molar-refractivity contribution in [3.8, 4) is 5.69 Å². The molecule has 0 unspecified atom stereocenters. The summed E-state index contributed by atoms with van der Waals surface area (Å²) in [4.78, 5) is 16.7. The molecule has 26 heavy (non-hydrogen) atoms. The molecular formula is C20H19N5O. The molecule has 0 aliphatic heterocycles. The normalized spacial score (nSPS) is 12.3. The van der Waals surface area contributed by atoms with Gasteiger partial charge >= 0.3 is 0 Å². The quantitative estimate of drug-likeness (QED) is 0.604. The first-order valence-electron chi connectivity index (χ1n) is 8.51. The Morgan fingerprint density at radius 2 is 1.92 bits per heavy atom. The maximum Gasteiger partial charge on any atom is 0.258 e. The van der Waals surface area contributed by atoms with Crippen LogP contribution < -0.4 is 10.9 Å². The topological polar surface area (TPSA) is 64.2 Å². The van der Waals surface area contributed by atoms with Crippen LogP contribution in [0.1, 0.15) is 24.2 Å². The number of hydrogen-bond acceptors (Lipinski definition) is 4. The molecule has 0 fully saturated rings. The Hall–Kier alpha value is -3.25. The molecule has 0 radical (unpaired) electrons. The van der Waals surface area contributed by atoms with Crippen molar-refractivity contribution in [2.24, 2.45) is 0 Å². The monoisotopic (exact) mass is 345 g/mol. The molecule has 1 aromatic carbocycles. The van der Waals surface area contributed by atoms with Gasteiger partial charge in [0, 0.05) is 37.2 Å². The second kappa shape index (κ2) is 6.93. The molecule has 130 valence electrons. The summed E-state index contributed by atoms with van der Waals surface area (Å²) < 4.78 is 3.37. The number of benzene rings is 1. The highest BCUT2D eigenvalue weighted by Gasteiger charge is 2.07. The van der Waals surface area contributed by atoms with E-state index >= 15 is 0 Å². The van der Waals surface area contributed by atoms with E-state index in [4.69, 9.17) is 0 Å². The summed E-state index contributed by atoms with van der Waals surface area (Å²) in [5.41, 5.74) is 3.52. The van der Waals surface area contributed by atoms with Crippen molar-refractivity contribution in [2.45, 2.75) is 19.5 Å². The van der Waals surface area contributed by atoms with Gasteiger partial charge in [0.05, 0.1) is 11.4 Å². The van der Waals surface area contributed by atoms with Crippen molar-refractivity contribution in [1.29, 1.82) is 0 Å². The summed E-state index contributed by atoms with van der Waals surface area (Å²) >= 11 is 0. The van der Waals surface area contributed by atoms with E-state index in [1.165, 1.54) is 5.56 Å². The second-order valence-corrected chi connectivity index (χ2v) is 6.16. The minimum Gasteiger partial charge on any atom is -0.305 e. The van der Waals surface area contributed by atoms with Crippen molar-refractivity contribution in [3.63, 3.8) is 0 Å². The highest BCUT2D eigenvalue weighted by atomic mass is 16.1. The first-order chi connectivity index (χ1) is 12.7. The van der Waals surface area contributed by atoms with Crippen LogP contribution in [0.3, 0.4) is 0 Å². The Bertz CT molecular complexity index is 1070. The van der Waals surface area contributed by atoms with E-state index in [-0.39, 0.29) is 11.6 Å². The third-order valence-corrected chi connectivity index (χ3v) is 4.38. The molecule has 6 heteroatoms. The van der Waals surface area contributed by atoms with Crippen LogP contribution in [-0.4, -0.2) is 19.2 Å². The minimum atomic E-state index is -0.0661. The van der Waals surface area contributed by atoms with Gasteiger partial charge in [-0.05, 0) is 42.8 Å². The Labute approximate surface area is 150 Å². The smallest absolute Gasteiger partial charge is 0.258 e. The molecule has 0 aliphatic rings. The van der Waals surface area contributed by atoms with Gasteiger partial charge < -0.3 is 5.32 Å². The molecule has 1 N–H and O–H groups in total. The Morgan fingerprint density at radius 1 is 1.08 bits per heavy atom. The summed E-state index contributed by atoms with van der Waals surface area (Å²) in [5, 5.41) is 7.66. The molecule has 0 saturated heterocycles. The van der Waals surface area contributed by atoms with E-state index in [1.54, 1.807) is 22.9 Å². The average Bonchev–Trinajstić information content (AvgIpc) is 3.21. The molecule has 0 saturated carbocycles.